The van der Waals surface area contributed by atoms with Gasteiger partial charge in [-0.15, -0.1) is 11.8 Å². The summed E-state index contributed by atoms with van der Waals surface area (Å²) in [5, 5.41) is 14.6. The number of aldehydes is 1. The van der Waals surface area contributed by atoms with Crippen LogP contribution in [-0.4, -0.2) is 52.9 Å². The zero-order valence-corrected chi connectivity index (χ0v) is 24.5. The molecule has 0 fully saturated rings. The summed E-state index contributed by atoms with van der Waals surface area (Å²) in [6.45, 7) is 0. The van der Waals surface area contributed by atoms with Gasteiger partial charge in [0.05, 0.1) is 11.1 Å². The highest BCUT2D eigenvalue weighted by molar-refractivity contribution is 7.98. The number of carbonyl (C=O) groups excluding carboxylic acids is 2. The van der Waals surface area contributed by atoms with Crippen molar-refractivity contribution in [1.29, 1.82) is 0 Å². The number of pyridine rings is 2. The van der Waals surface area contributed by atoms with E-state index < -0.39 is 5.91 Å². The highest BCUT2D eigenvalue weighted by Gasteiger charge is 2.20. The first kappa shape index (κ1) is 28.6. The molecule has 7 rings (SSSR count). The number of rotatable bonds is 6. The number of primary amides is 1. The molecule has 0 saturated carbocycles. The number of aromatic hydroxyl groups is 1. The number of anilines is 1. The summed E-state index contributed by atoms with van der Waals surface area (Å²) in [6.07, 6.45) is 9.53. The molecule has 2 aromatic carbocycles. The van der Waals surface area contributed by atoms with Crippen LogP contribution in [0, 0.1) is 0 Å². The molecule has 1 aliphatic rings. The number of carbonyl (C=O) groups is 2. The number of nitrogens with zero attached hydrogens (tertiary/aromatic N) is 6. The third-order valence-corrected chi connectivity index (χ3v) is 7.99. The van der Waals surface area contributed by atoms with Gasteiger partial charge >= 0.3 is 0 Å². The van der Waals surface area contributed by atoms with Crippen molar-refractivity contribution < 1.29 is 14.7 Å². The quantitative estimate of drug-likeness (QED) is 0.179. The second kappa shape index (κ2) is 12.0. The number of aromatic nitrogens is 6. The lowest BCUT2D eigenvalue weighted by atomic mass is 10.1. The van der Waals surface area contributed by atoms with Gasteiger partial charge in [0.1, 0.15) is 22.1 Å². The van der Waals surface area contributed by atoms with Crippen LogP contribution in [0.4, 0.5) is 5.82 Å². The van der Waals surface area contributed by atoms with E-state index in [1.807, 2.05) is 42.8 Å². The number of amides is 1. The fourth-order valence-corrected chi connectivity index (χ4v) is 5.52. The molecule has 0 saturated heterocycles. The molecular weight excluding hydrogens is 576 g/mol. The summed E-state index contributed by atoms with van der Waals surface area (Å²) in [7, 11) is 0. The van der Waals surface area contributed by atoms with Crippen LogP contribution in [0.2, 0.25) is 0 Å². The van der Waals surface area contributed by atoms with E-state index in [2.05, 4.69) is 32.8 Å². The Balaban J connectivity index is 0.000000242. The maximum atomic E-state index is 10.6. The first-order chi connectivity index (χ1) is 21.4. The first-order valence-electron chi connectivity index (χ1n) is 13.8. The van der Waals surface area contributed by atoms with Gasteiger partial charge in [-0.05, 0) is 97.3 Å². The van der Waals surface area contributed by atoms with Gasteiger partial charge in [-0.1, -0.05) is 6.07 Å². The Morgan fingerprint density at radius 1 is 1.02 bits per heavy atom. The Morgan fingerprint density at radius 2 is 1.86 bits per heavy atom. The molecular formula is C32H28N8O3S. The summed E-state index contributed by atoms with van der Waals surface area (Å²) in [5.41, 5.74) is 17.7. The monoisotopic (exact) mass is 604 g/mol. The summed E-state index contributed by atoms with van der Waals surface area (Å²) in [5.74, 6) is 1.14. The van der Waals surface area contributed by atoms with Crippen LogP contribution in [0.15, 0.2) is 84.1 Å². The number of benzene rings is 2. The van der Waals surface area contributed by atoms with Crippen molar-refractivity contribution in [3.05, 3.63) is 101 Å². The van der Waals surface area contributed by atoms with Gasteiger partial charge in [-0.25, -0.2) is 19.6 Å². The number of thioether (sulfide) groups is 1. The maximum absolute atomic E-state index is 10.6. The van der Waals surface area contributed by atoms with E-state index >= 15 is 0 Å². The Kier molecular flexibility index (Phi) is 7.82. The fraction of sp³-hybridized carbons (Fsp3) is 0.125. The predicted octanol–water partition coefficient (Wildman–Crippen LogP) is 4.76. The van der Waals surface area contributed by atoms with E-state index in [1.54, 1.807) is 22.6 Å². The van der Waals surface area contributed by atoms with Gasteiger partial charge in [0.25, 0.3) is 0 Å². The average molecular weight is 605 g/mol. The minimum Gasteiger partial charge on any atom is -0.507 e. The van der Waals surface area contributed by atoms with E-state index in [9.17, 15) is 9.59 Å². The third-order valence-electron chi connectivity index (χ3n) is 7.36. The Bertz CT molecular complexity index is 2030. The molecule has 11 nitrogen and oxygen atoms in total. The maximum Gasteiger partial charge on any atom is 0.248 e. The molecule has 0 atom stereocenters. The Labute approximate surface area is 256 Å². The number of fused-ring (bicyclic) bond motifs is 2. The molecule has 1 aliphatic carbocycles. The van der Waals surface area contributed by atoms with Crippen LogP contribution >= 0.6 is 11.8 Å². The number of phenols is 1. The van der Waals surface area contributed by atoms with Crippen molar-refractivity contribution in [3.8, 4) is 28.6 Å². The standard InChI is InChI=1S/C24H21N7S.C8H7NO3/c1-32-21-11-13-30(29-21)20-10-9-19-24(28-20)31(17-8-7-15-4-2-5-16(15)14-17)23(27-19)18-6-3-12-26-22(18)25;9-8(12)5-1-2-7(11)6(3-5)4-10/h3,6-14H,2,4-5H2,1H3,(H2,25,26);1-4,11H,(H2,9,12). The lowest BCUT2D eigenvalue weighted by Gasteiger charge is -2.12. The van der Waals surface area contributed by atoms with E-state index in [1.165, 1.54) is 35.7 Å². The van der Waals surface area contributed by atoms with Crippen LogP contribution in [0.25, 0.3) is 34.1 Å². The molecule has 4 aromatic heterocycles. The summed E-state index contributed by atoms with van der Waals surface area (Å²) in [4.78, 5) is 35.1. The van der Waals surface area contributed by atoms with Crippen molar-refractivity contribution >= 4 is 40.9 Å². The van der Waals surface area contributed by atoms with E-state index in [0.29, 0.717) is 12.1 Å². The zero-order chi connectivity index (χ0) is 30.8. The van der Waals surface area contributed by atoms with E-state index in [-0.39, 0.29) is 16.9 Å². The van der Waals surface area contributed by atoms with Crippen LogP contribution in [0.1, 0.15) is 38.3 Å². The van der Waals surface area contributed by atoms with Gasteiger partial charge in [0.15, 0.2) is 23.6 Å². The van der Waals surface area contributed by atoms with E-state index in [4.69, 9.17) is 26.5 Å². The Hall–Kier alpha value is -5.49. The Morgan fingerprint density at radius 3 is 2.61 bits per heavy atom. The van der Waals surface area contributed by atoms with Crippen LogP contribution in [-0.2, 0) is 12.8 Å². The van der Waals surface area contributed by atoms with Gasteiger partial charge in [0.2, 0.25) is 5.91 Å². The predicted molar refractivity (Wildman–Crippen MR) is 169 cm³/mol. The molecule has 1 amide bonds. The second-order valence-electron chi connectivity index (χ2n) is 10.1. The number of imidazole rings is 1. The summed E-state index contributed by atoms with van der Waals surface area (Å²) >= 11 is 1.60. The van der Waals surface area contributed by atoms with Gasteiger partial charge < -0.3 is 16.6 Å². The molecule has 0 aliphatic heterocycles. The van der Waals surface area contributed by atoms with Crippen molar-refractivity contribution in [2.45, 2.75) is 24.3 Å². The normalized spacial score (nSPS) is 12.0. The number of nitrogens with two attached hydrogens (primary N) is 2. The third kappa shape index (κ3) is 5.50. The fourth-order valence-electron chi connectivity index (χ4n) is 5.15. The SMILES string of the molecule is CSc1ccn(-c2ccc3nc(-c4cccnc4N)n(-c4ccc5c(c4)CCC5)c3n2)n1.NC(=O)c1ccc(O)c(C=O)c1. The smallest absolute Gasteiger partial charge is 0.248 e. The van der Waals surface area contributed by atoms with Gasteiger partial charge in [-0.2, -0.15) is 5.10 Å². The minimum absolute atomic E-state index is 0.0614. The molecule has 6 aromatic rings. The van der Waals surface area contributed by atoms with Gasteiger partial charge in [0, 0.05) is 23.6 Å². The van der Waals surface area contributed by atoms with Crippen LogP contribution < -0.4 is 11.5 Å². The topological polar surface area (TPSA) is 168 Å². The number of aryl methyl sites for hydroxylation is 2. The molecule has 5 N–H and O–H groups in total. The van der Waals surface area contributed by atoms with Crippen LogP contribution in [0.3, 0.4) is 0 Å². The highest BCUT2D eigenvalue weighted by Crippen LogP contribution is 2.33. The molecule has 0 unspecified atom stereocenters. The summed E-state index contributed by atoms with van der Waals surface area (Å²) < 4.78 is 3.88. The second-order valence-corrected chi connectivity index (χ2v) is 10.9. The molecule has 0 spiro atoms. The summed E-state index contributed by atoms with van der Waals surface area (Å²) in [6, 6.07) is 20.2. The van der Waals surface area contributed by atoms with Gasteiger partial charge in [-0.3, -0.25) is 14.2 Å². The lowest BCUT2D eigenvalue weighted by Crippen LogP contribution is -2.10. The number of hydrogen-bond donors (Lipinski definition) is 3. The molecule has 0 bridgehead atoms. The number of phenolic OH excluding ortho intramolecular Hbond substituents is 1. The largest absolute Gasteiger partial charge is 0.507 e. The zero-order valence-electron chi connectivity index (χ0n) is 23.7. The first-order valence-corrected chi connectivity index (χ1v) is 15.0. The van der Waals surface area contributed by atoms with E-state index in [0.717, 1.165) is 51.9 Å². The van der Waals surface area contributed by atoms with Crippen LogP contribution in [0.5, 0.6) is 5.75 Å². The van der Waals surface area contributed by atoms with Crippen molar-refractivity contribution in [3.63, 3.8) is 0 Å². The molecule has 0 radical (unpaired) electrons. The molecule has 4 heterocycles. The molecule has 220 valence electrons. The van der Waals surface area contributed by atoms with Crippen molar-refractivity contribution in [2.24, 2.45) is 5.73 Å². The molecule has 12 heteroatoms. The number of nitrogen functional groups attached to an aromatic ring is 1. The highest BCUT2D eigenvalue weighted by atomic mass is 32.2. The minimum atomic E-state index is -0.627. The van der Waals surface area contributed by atoms with Crippen molar-refractivity contribution in [2.75, 3.05) is 12.0 Å². The van der Waals surface area contributed by atoms with Crippen molar-refractivity contribution in [1.82, 2.24) is 29.3 Å². The lowest BCUT2D eigenvalue weighted by molar-refractivity contribution is 0.1000. The number of hydrogen-bond acceptors (Lipinski definition) is 9. The molecule has 44 heavy (non-hydrogen) atoms. The average Bonchev–Trinajstić information content (AvgIpc) is 3.79.